The average Bonchev–Trinajstić information content (AvgIpc) is 2.54. The molecule has 0 unspecified atom stereocenters. The van der Waals surface area contributed by atoms with Gasteiger partial charge in [-0.2, -0.15) is 0 Å². The van der Waals surface area contributed by atoms with E-state index in [4.69, 9.17) is 0 Å². The molecule has 0 saturated carbocycles. The van der Waals surface area contributed by atoms with Crippen LogP contribution in [0, 0.1) is 6.92 Å². The highest BCUT2D eigenvalue weighted by Gasteiger charge is 1.97. The minimum Gasteiger partial charge on any atom is -0.0871 e. The highest BCUT2D eigenvalue weighted by Crippen LogP contribution is 2.20. The average molecular weight is 272 g/mol. The third kappa shape index (κ3) is 6.56. The van der Waals surface area contributed by atoms with Gasteiger partial charge in [-0.1, -0.05) is 84.0 Å². The van der Waals surface area contributed by atoms with Gasteiger partial charge in [-0.15, -0.1) is 0 Å². The van der Waals surface area contributed by atoms with Crippen LogP contribution in [0.25, 0.3) is 16.8 Å². The third-order valence-electron chi connectivity index (χ3n) is 2.48. The molecule has 0 atom stereocenters. The van der Waals surface area contributed by atoms with E-state index in [9.17, 15) is 0 Å². The Morgan fingerprint density at radius 1 is 0.750 bits per heavy atom. The molecule has 0 heteroatoms. The summed E-state index contributed by atoms with van der Waals surface area (Å²) in [6, 6.07) is 13.0. The maximum absolute atomic E-state index is 2.24. The lowest BCUT2D eigenvalue weighted by Crippen LogP contribution is -1.81. The summed E-state index contributed by atoms with van der Waals surface area (Å²) < 4.78 is 0. The zero-order valence-corrected chi connectivity index (χ0v) is 14.6. The molecule has 0 fully saturated rings. The molecule has 112 valence electrons. The van der Waals surface area contributed by atoms with Crippen LogP contribution in [0.5, 0.6) is 0 Å². The van der Waals surface area contributed by atoms with E-state index in [0.29, 0.717) is 0 Å². The lowest BCUT2D eigenvalue weighted by molar-refractivity contribution is 1.47. The van der Waals surface area contributed by atoms with Crippen LogP contribution < -0.4 is 0 Å². The van der Waals surface area contributed by atoms with Gasteiger partial charge < -0.3 is 0 Å². The molecule has 0 amide bonds. The molecule has 0 bridgehead atoms. The Labute approximate surface area is 126 Å². The van der Waals surface area contributed by atoms with Gasteiger partial charge in [0.1, 0.15) is 0 Å². The number of fused-ring (bicyclic) bond motifs is 1. The van der Waals surface area contributed by atoms with E-state index in [2.05, 4.69) is 62.4 Å². The van der Waals surface area contributed by atoms with Crippen LogP contribution in [-0.2, 0) is 0 Å². The molecule has 0 aliphatic heterocycles. The first kappa shape index (κ1) is 20.8. The van der Waals surface area contributed by atoms with Crippen LogP contribution >= 0.6 is 0 Å². The van der Waals surface area contributed by atoms with E-state index in [1.165, 1.54) is 21.9 Å². The van der Waals surface area contributed by atoms with Crippen molar-refractivity contribution in [2.75, 3.05) is 0 Å². The topological polar surface area (TPSA) is 0 Å². The van der Waals surface area contributed by atoms with Crippen molar-refractivity contribution in [1.82, 2.24) is 0 Å². The van der Waals surface area contributed by atoms with Crippen molar-refractivity contribution in [1.29, 1.82) is 0 Å². The zero-order chi connectivity index (χ0) is 16.0. The summed E-state index contributed by atoms with van der Waals surface area (Å²) in [5, 5.41) is 2.63. The zero-order valence-electron chi connectivity index (χ0n) is 14.6. The second-order valence-electron chi connectivity index (χ2n) is 3.56. The van der Waals surface area contributed by atoms with Crippen LogP contribution in [0.4, 0.5) is 0 Å². The Hall–Kier alpha value is -1.56. The van der Waals surface area contributed by atoms with Crippen molar-refractivity contribution in [3.63, 3.8) is 0 Å². The minimum atomic E-state index is 1.31. The molecule has 0 aromatic heterocycles. The predicted octanol–water partition coefficient (Wildman–Crippen LogP) is 7.26. The van der Waals surface area contributed by atoms with Crippen molar-refractivity contribution in [2.24, 2.45) is 0 Å². The molecule has 2 rings (SSSR count). The molecule has 0 spiro atoms. The molecule has 0 N–H and O–H groups in total. The number of rotatable bonds is 1. The molecule has 2 aromatic rings. The summed E-state index contributed by atoms with van der Waals surface area (Å²) in [6.07, 6.45) is 4.23. The monoisotopic (exact) mass is 272 g/mol. The second kappa shape index (κ2) is 13.9. The Morgan fingerprint density at radius 2 is 1.20 bits per heavy atom. The fourth-order valence-corrected chi connectivity index (χ4v) is 1.73. The lowest BCUT2D eigenvalue weighted by Gasteiger charge is -2.03. The van der Waals surface area contributed by atoms with Gasteiger partial charge in [0.25, 0.3) is 0 Å². The maximum Gasteiger partial charge on any atom is -0.0178 e. The summed E-state index contributed by atoms with van der Waals surface area (Å²) in [7, 11) is 0. The summed E-state index contributed by atoms with van der Waals surface area (Å²) in [6.45, 7) is 16.2. The van der Waals surface area contributed by atoms with Gasteiger partial charge >= 0.3 is 0 Å². The van der Waals surface area contributed by atoms with Crippen LogP contribution in [0.15, 0.2) is 42.5 Å². The van der Waals surface area contributed by atoms with Gasteiger partial charge in [0, 0.05) is 0 Å². The Bertz CT molecular complexity index is 478. The van der Waals surface area contributed by atoms with Crippen LogP contribution in [-0.4, -0.2) is 0 Å². The largest absolute Gasteiger partial charge is 0.0871 e. The number of benzene rings is 2. The van der Waals surface area contributed by atoms with E-state index < -0.39 is 0 Å². The fraction of sp³-hybridized carbons (Fsp3) is 0.400. The quantitative estimate of drug-likeness (QED) is 0.512. The van der Waals surface area contributed by atoms with Crippen molar-refractivity contribution >= 4 is 16.8 Å². The Morgan fingerprint density at radius 3 is 1.65 bits per heavy atom. The summed E-state index contributed by atoms with van der Waals surface area (Å²) in [4.78, 5) is 0. The Balaban J connectivity index is 0. The van der Waals surface area contributed by atoms with Gasteiger partial charge in [-0.3, -0.25) is 0 Å². The normalized spacial score (nSPS) is 8.80. The maximum atomic E-state index is 2.24. The van der Waals surface area contributed by atoms with E-state index >= 15 is 0 Å². The molecule has 0 heterocycles. The predicted molar refractivity (Wildman–Crippen MR) is 97.4 cm³/mol. The SMILES string of the molecule is C/C=C\c1cc2ccccc2cc1C.CC.CC.CC. The number of hydrogen-bond donors (Lipinski definition) is 0. The molecular weight excluding hydrogens is 240 g/mol. The van der Waals surface area contributed by atoms with Crippen LogP contribution in [0.1, 0.15) is 59.6 Å². The molecule has 2 aromatic carbocycles. The van der Waals surface area contributed by atoms with E-state index in [1.807, 2.05) is 41.5 Å². The van der Waals surface area contributed by atoms with Gasteiger partial charge in [0.2, 0.25) is 0 Å². The fourth-order valence-electron chi connectivity index (χ4n) is 1.73. The first-order chi connectivity index (χ1) is 9.81. The van der Waals surface area contributed by atoms with Crippen molar-refractivity contribution in [3.05, 3.63) is 53.6 Å². The van der Waals surface area contributed by atoms with Gasteiger partial charge in [-0.05, 0) is 41.8 Å². The number of allylic oxidation sites excluding steroid dienone is 1. The third-order valence-corrected chi connectivity index (χ3v) is 2.48. The van der Waals surface area contributed by atoms with E-state index in [1.54, 1.807) is 0 Å². The van der Waals surface area contributed by atoms with Crippen LogP contribution in [0.2, 0.25) is 0 Å². The van der Waals surface area contributed by atoms with Gasteiger partial charge in [-0.25, -0.2) is 0 Å². The second-order valence-corrected chi connectivity index (χ2v) is 3.56. The molecule has 0 saturated heterocycles. The smallest absolute Gasteiger partial charge is 0.0178 e. The number of aryl methyl sites for hydroxylation is 1. The van der Waals surface area contributed by atoms with Gasteiger partial charge in [0.05, 0.1) is 0 Å². The van der Waals surface area contributed by atoms with E-state index in [-0.39, 0.29) is 0 Å². The molecule has 0 radical (unpaired) electrons. The molecule has 20 heavy (non-hydrogen) atoms. The number of hydrogen-bond acceptors (Lipinski definition) is 0. The summed E-state index contributed by atoms with van der Waals surface area (Å²) >= 11 is 0. The van der Waals surface area contributed by atoms with Crippen molar-refractivity contribution in [3.8, 4) is 0 Å². The van der Waals surface area contributed by atoms with Gasteiger partial charge in [0.15, 0.2) is 0 Å². The first-order valence-electron chi connectivity index (χ1n) is 7.93. The lowest BCUT2D eigenvalue weighted by atomic mass is 10.0. The summed E-state index contributed by atoms with van der Waals surface area (Å²) in [5.74, 6) is 0. The molecule has 0 aliphatic rings. The van der Waals surface area contributed by atoms with Crippen molar-refractivity contribution in [2.45, 2.75) is 55.4 Å². The molecule has 0 nitrogen and oxygen atoms in total. The Kier molecular flexibility index (Phi) is 14.4. The van der Waals surface area contributed by atoms with Crippen LogP contribution in [0.3, 0.4) is 0 Å². The molecule has 0 aliphatic carbocycles. The standard InChI is InChI=1S/C14H14.3C2H6/c1-3-6-12-10-14-8-5-4-7-13(14)9-11(12)2;3*1-2/h3-10H,1-2H3;3*1-2H3/b6-3-;;;. The minimum absolute atomic E-state index is 1.31. The first-order valence-corrected chi connectivity index (χ1v) is 7.93. The highest BCUT2D eigenvalue weighted by molar-refractivity contribution is 5.85. The van der Waals surface area contributed by atoms with Crippen molar-refractivity contribution < 1.29 is 0 Å². The highest BCUT2D eigenvalue weighted by atomic mass is 14.0. The molecular formula is C20H32. The summed E-state index contributed by atoms with van der Waals surface area (Å²) in [5.41, 5.74) is 2.65. The van der Waals surface area contributed by atoms with E-state index in [0.717, 1.165) is 0 Å².